The van der Waals surface area contributed by atoms with Crippen LogP contribution in [0.25, 0.3) is 0 Å². The summed E-state index contributed by atoms with van der Waals surface area (Å²) >= 11 is 9.68. The molecule has 1 nitrogen and oxygen atoms in total. The van der Waals surface area contributed by atoms with Crippen molar-refractivity contribution in [3.63, 3.8) is 0 Å². The van der Waals surface area contributed by atoms with Crippen LogP contribution in [0.5, 0.6) is 0 Å². The monoisotopic (exact) mass is 312 g/mol. The van der Waals surface area contributed by atoms with Gasteiger partial charge < -0.3 is 4.42 Å². The van der Waals surface area contributed by atoms with Gasteiger partial charge in [-0.15, -0.1) is 0 Å². The van der Waals surface area contributed by atoms with Gasteiger partial charge in [-0.2, -0.15) is 0 Å². The molecule has 90 valence electrons. The summed E-state index contributed by atoms with van der Waals surface area (Å²) < 4.78 is 5.54. The first-order valence-electron chi connectivity index (χ1n) is 5.51. The van der Waals surface area contributed by atoms with Crippen LogP contribution < -0.4 is 0 Å². The van der Waals surface area contributed by atoms with E-state index < -0.39 is 0 Å². The first-order chi connectivity index (χ1) is 8.06. The summed E-state index contributed by atoms with van der Waals surface area (Å²) in [5.41, 5.74) is 2.43. The van der Waals surface area contributed by atoms with Gasteiger partial charge in [-0.1, -0.05) is 39.7 Å². The van der Waals surface area contributed by atoms with Crippen molar-refractivity contribution in [2.75, 3.05) is 0 Å². The van der Waals surface area contributed by atoms with Crippen LogP contribution >= 0.6 is 27.5 Å². The molecule has 0 radical (unpaired) electrons. The van der Waals surface area contributed by atoms with E-state index in [1.54, 1.807) is 0 Å². The number of halogens is 2. The van der Waals surface area contributed by atoms with Crippen molar-refractivity contribution in [1.82, 2.24) is 0 Å². The van der Waals surface area contributed by atoms with E-state index in [9.17, 15) is 0 Å². The number of rotatable bonds is 3. The van der Waals surface area contributed by atoms with Crippen LogP contribution in [0, 0.1) is 13.8 Å². The number of alkyl halides is 1. The Hall–Kier alpha value is -0.730. The molecule has 1 aromatic heterocycles. The van der Waals surface area contributed by atoms with Gasteiger partial charge in [0, 0.05) is 15.4 Å². The van der Waals surface area contributed by atoms with Gasteiger partial charge in [0.05, 0.1) is 0 Å². The summed E-state index contributed by atoms with van der Waals surface area (Å²) in [5.74, 6) is 1.93. The van der Waals surface area contributed by atoms with Crippen LogP contribution in [0.4, 0.5) is 0 Å². The minimum absolute atomic E-state index is 0.262. The molecule has 2 rings (SSSR count). The first kappa shape index (κ1) is 12.7. The van der Waals surface area contributed by atoms with Crippen molar-refractivity contribution >= 4 is 27.5 Å². The molecule has 0 saturated carbocycles. The number of aryl methyl sites for hydroxylation is 2. The molecule has 0 N–H and O–H groups in total. The van der Waals surface area contributed by atoms with E-state index in [0.29, 0.717) is 0 Å². The van der Waals surface area contributed by atoms with Gasteiger partial charge in [0.15, 0.2) is 0 Å². The highest BCUT2D eigenvalue weighted by molar-refractivity contribution is 9.09. The third-order valence-electron chi connectivity index (χ3n) is 2.72. The van der Waals surface area contributed by atoms with Crippen LogP contribution in [0.15, 0.2) is 34.7 Å². The van der Waals surface area contributed by atoms with Gasteiger partial charge in [-0.25, -0.2) is 0 Å². The number of hydrogen-bond donors (Lipinski definition) is 0. The van der Waals surface area contributed by atoms with Gasteiger partial charge in [0.2, 0.25) is 0 Å². The van der Waals surface area contributed by atoms with E-state index in [2.05, 4.69) is 28.1 Å². The molecule has 1 atom stereocenters. The van der Waals surface area contributed by atoms with Crippen molar-refractivity contribution in [3.05, 3.63) is 58.0 Å². The fourth-order valence-electron chi connectivity index (χ4n) is 1.94. The normalized spacial score (nSPS) is 12.7. The third kappa shape index (κ3) is 3.14. The molecule has 0 aliphatic rings. The van der Waals surface area contributed by atoms with Gasteiger partial charge in [-0.3, -0.25) is 0 Å². The second kappa shape index (κ2) is 5.28. The maximum atomic E-state index is 5.98. The predicted molar refractivity (Wildman–Crippen MR) is 75.0 cm³/mol. The minimum Gasteiger partial charge on any atom is -0.466 e. The van der Waals surface area contributed by atoms with Crippen molar-refractivity contribution in [1.29, 1.82) is 0 Å². The van der Waals surface area contributed by atoms with E-state index in [4.69, 9.17) is 16.0 Å². The molecule has 2 aromatic rings. The molecule has 17 heavy (non-hydrogen) atoms. The highest BCUT2D eigenvalue weighted by atomic mass is 79.9. The van der Waals surface area contributed by atoms with Gasteiger partial charge in [-0.05, 0) is 44.0 Å². The maximum Gasteiger partial charge on any atom is 0.105 e. The number of furan rings is 1. The Morgan fingerprint density at radius 1 is 1.29 bits per heavy atom. The Bertz CT molecular complexity index is 519. The van der Waals surface area contributed by atoms with Crippen LogP contribution in [-0.2, 0) is 6.42 Å². The van der Waals surface area contributed by atoms with Crippen molar-refractivity contribution in [3.8, 4) is 0 Å². The van der Waals surface area contributed by atoms with Crippen molar-refractivity contribution in [2.24, 2.45) is 0 Å². The molecule has 1 unspecified atom stereocenters. The summed E-state index contributed by atoms with van der Waals surface area (Å²) in [6.45, 7) is 3.96. The smallest absolute Gasteiger partial charge is 0.105 e. The van der Waals surface area contributed by atoms with Crippen LogP contribution in [0.3, 0.4) is 0 Å². The highest BCUT2D eigenvalue weighted by Crippen LogP contribution is 2.31. The fraction of sp³-hybridized carbons (Fsp3) is 0.286. The minimum atomic E-state index is 0.262. The Labute approximate surface area is 115 Å². The SMILES string of the molecule is Cc1cc(C(Br)Cc2cccc(Cl)c2)c(C)o1. The van der Waals surface area contributed by atoms with E-state index >= 15 is 0 Å². The number of benzene rings is 1. The quantitative estimate of drug-likeness (QED) is 0.707. The maximum absolute atomic E-state index is 5.98. The van der Waals surface area contributed by atoms with Crippen molar-refractivity contribution < 1.29 is 4.42 Å². The zero-order valence-corrected chi connectivity index (χ0v) is 12.2. The Morgan fingerprint density at radius 2 is 2.06 bits per heavy atom. The molecule has 0 aliphatic carbocycles. The molecule has 3 heteroatoms. The lowest BCUT2D eigenvalue weighted by atomic mass is 10.0. The summed E-state index contributed by atoms with van der Waals surface area (Å²) in [7, 11) is 0. The second-order valence-corrected chi connectivity index (χ2v) is 5.71. The largest absolute Gasteiger partial charge is 0.466 e. The molecule has 1 heterocycles. The molecule has 0 aliphatic heterocycles. The van der Waals surface area contributed by atoms with E-state index in [1.165, 1.54) is 11.1 Å². The molecule has 0 saturated heterocycles. The van der Waals surface area contributed by atoms with E-state index in [-0.39, 0.29) is 4.83 Å². The van der Waals surface area contributed by atoms with E-state index in [1.807, 2.05) is 32.0 Å². The third-order valence-corrected chi connectivity index (χ3v) is 3.77. The Balaban J connectivity index is 2.16. The lowest BCUT2D eigenvalue weighted by molar-refractivity contribution is 0.501. The second-order valence-electron chi connectivity index (χ2n) is 4.17. The lowest BCUT2D eigenvalue weighted by Crippen LogP contribution is -1.95. The van der Waals surface area contributed by atoms with Crippen LogP contribution in [0.2, 0.25) is 5.02 Å². The predicted octanol–water partition coefficient (Wildman–Crippen LogP) is 5.23. The lowest BCUT2D eigenvalue weighted by Gasteiger charge is -2.09. The average Bonchev–Trinajstić information content (AvgIpc) is 2.58. The molecular formula is C14H14BrClO. The van der Waals surface area contributed by atoms with Crippen LogP contribution in [0.1, 0.15) is 27.5 Å². The molecule has 0 fully saturated rings. The molecule has 1 aromatic carbocycles. The number of hydrogen-bond acceptors (Lipinski definition) is 1. The average molecular weight is 314 g/mol. The molecule has 0 spiro atoms. The Morgan fingerprint density at radius 3 is 2.65 bits per heavy atom. The molecule has 0 bridgehead atoms. The summed E-state index contributed by atoms with van der Waals surface area (Å²) in [5, 5.41) is 0.780. The Kier molecular flexibility index (Phi) is 3.95. The van der Waals surface area contributed by atoms with Gasteiger partial charge >= 0.3 is 0 Å². The standard InChI is InChI=1S/C14H14BrClO/c1-9-6-13(10(2)17-9)14(15)8-11-4-3-5-12(16)7-11/h3-7,14H,8H2,1-2H3. The molecular weight excluding hydrogens is 300 g/mol. The topological polar surface area (TPSA) is 13.1 Å². The zero-order valence-electron chi connectivity index (χ0n) is 9.84. The van der Waals surface area contributed by atoms with Gasteiger partial charge in [0.25, 0.3) is 0 Å². The fourth-order valence-corrected chi connectivity index (χ4v) is 2.98. The van der Waals surface area contributed by atoms with Gasteiger partial charge in [0.1, 0.15) is 11.5 Å². The zero-order chi connectivity index (χ0) is 12.4. The van der Waals surface area contributed by atoms with E-state index in [0.717, 1.165) is 23.0 Å². The van der Waals surface area contributed by atoms with Crippen molar-refractivity contribution in [2.45, 2.75) is 25.1 Å². The summed E-state index contributed by atoms with van der Waals surface area (Å²) in [6.07, 6.45) is 0.903. The molecule has 0 amide bonds. The summed E-state index contributed by atoms with van der Waals surface area (Å²) in [6, 6.07) is 10.0. The van der Waals surface area contributed by atoms with Crippen LogP contribution in [-0.4, -0.2) is 0 Å². The summed E-state index contributed by atoms with van der Waals surface area (Å²) in [4.78, 5) is 0.262. The first-order valence-corrected chi connectivity index (χ1v) is 6.81. The highest BCUT2D eigenvalue weighted by Gasteiger charge is 2.14.